The molecule has 9 aromatic rings. The van der Waals surface area contributed by atoms with Crippen molar-refractivity contribution in [3.8, 4) is 34.1 Å². The van der Waals surface area contributed by atoms with Crippen LogP contribution in [0.15, 0.2) is 140 Å². The summed E-state index contributed by atoms with van der Waals surface area (Å²) in [5.41, 5.74) is 12.7. The minimum absolute atomic E-state index is 0. The van der Waals surface area contributed by atoms with Crippen molar-refractivity contribution in [2.24, 2.45) is 0 Å². The van der Waals surface area contributed by atoms with Crippen molar-refractivity contribution in [2.45, 2.75) is 91.5 Å². The molecule has 6 aromatic carbocycles. The summed E-state index contributed by atoms with van der Waals surface area (Å²) in [6.45, 7) is 21.3. The SMILES string of the molecule is CC(C)(C)c1cc(CC[n+]2[c-]n(-c3[c-]c(Oc4[c-]c5c(cc4)c4ccccc4n5-c4cc(C(C)(C)C)ccn4)ccc3)c3cccc(-c4ccccc4)c32)cc(C(C)(C)C)c1.[Pt]. The van der Waals surface area contributed by atoms with Gasteiger partial charge in [-0.2, -0.15) is 18.2 Å². The van der Waals surface area contributed by atoms with Gasteiger partial charge in [0.25, 0.3) is 0 Å². The van der Waals surface area contributed by atoms with Gasteiger partial charge in [-0.25, -0.2) is 4.98 Å². The second-order valence-electron chi connectivity index (χ2n) is 19.4. The Morgan fingerprint density at radius 1 is 0.597 bits per heavy atom. The Bertz CT molecular complexity index is 3030. The number of fused-ring (bicyclic) bond motifs is 4. The zero-order valence-electron chi connectivity index (χ0n) is 37.2. The number of pyridine rings is 1. The quantitative estimate of drug-likeness (QED) is 0.112. The van der Waals surface area contributed by atoms with E-state index < -0.39 is 0 Å². The third-order valence-electron chi connectivity index (χ3n) is 11.8. The van der Waals surface area contributed by atoms with Gasteiger partial charge in [0.05, 0.1) is 17.6 Å². The number of ether oxygens (including phenoxy) is 1. The first kappa shape index (κ1) is 42.9. The molecule has 0 fully saturated rings. The van der Waals surface area contributed by atoms with E-state index in [1.165, 1.54) is 33.4 Å². The number of hydrogen-bond donors (Lipinski definition) is 0. The summed E-state index contributed by atoms with van der Waals surface area (Å²) in [6, 6.07) is 54.5. The Morgan fingerprint density at radius 3 is 1.98 bits per heavy atom. The van der Waals surface area contributed by atoms with Gasteiger partial charge in [-0.15, -0.1) is 29.7 Å². The molecule has 0 bridgehead atoms. The summed E-state index contributed by atoms with van der Waals surface area (Å²) in [6.07, 6.45) is 6.55. The van der Waals surface area contributed by atoms with Crippen LogP contribution >= 0.6 is 0 Å². The first-order valence-corrected chi connectivity index (χ1v) is 21.4. The van der Waals surface area contributed by atoms with Crippen LogP contribution in [0.2, 0.25) is 0 Å². The smallest absolute Gasteiger partial charge is 0.242 e. The van der Waals surface area contributed by atoms with E-state index in [1.807, 2.05) is 24.4 Å². The molecule has 62 heavy (non-hydrogen) atoms. The van der Waals surface area contributed by atoms with E-state index in [2.05, 4.69) is 210 Å². The normalized spacial score (nSPS) is 12.3. The predicted molar refractivity (Wildman–Crippen MR) is 250 cm³/mol. The number of hydrogen-bond acceptors (Lipinski definition) is 2. The Morgan fingerprint density at radius 2 is 1.26 bits per heavy atom. The van der Waals surface area contributed by atoms with Crippen molar-refractivity contribution >= 4 is 32.8 Å². The van der Waals surface area contributed by atoms with E-state index in [0.717, 1.165) is 57.3 Å². The van der Waals surface area contributed by atoms with Gasteiger partial charge in [-0.05, 0) is 73.2 Å². The second-order valence-corrected chi connectivity index (χ2v) is 19.4. The Kier molecular flexibility index (Phi) is 11.4. The summed E-state index contributed by atoms with van der Waals surface area (Å²) in [7, 11) is 0. The fourth-order valence-electron chi connectivity index (χ4n) is 8.28. The van der Waals surface area contributed by atoms with Crippen LogP contribution in [0.1, 0.15) is 84.6 Å². The van der Waals surface area contributed by atoms with E-state index in [1.54, 1.807) is 0 Å². The monoisotopic (exact) mass is 993 g/mol. The molecule has 0 saturated heterocycles. The van der Waals surface area contributed by atoms with Crippen molar-refractivity contribution in [1.29, 1.82) is 0 Å². The minimum atomic E-state index is -0.0195. The molecule has 0 spiro atoms. The molecule has 0 aliphatic carbocycles. The van der Waals surface area contributed by atoms with Gasteiger partial charge in [0, 0.05) is 50.7 Å². The van der Waals surface area contributed by atoms with Crippen LogP contribution < -0.4 is 9.30 Å². The standard InChI is InChI=1S/C56H54N4O.Pt/c1-54(2,3)40-27-29-57-52(34-40)60-49-23-14-13-21-47(49)48-26-25-45(36-51(48)60)61-44-20-15-19-43(35-44)59-37-58(53-46(22-16-24-50(53)59)39-17-11-10-12-18-39)30-28-38-31-41(55(4,5)6)33-42(32-38)56(7,8)9;/h10-27,29,31-34H,28,30H2,1-9H3;/q-2;. The molecule has 6 heteroatoms. The van der Waals surface area contributed by atoms with E-state index in [-0.39, 0.29) is 37.3 Å². The largest absolute Gasteiger partial charge is 0.510 e. The Labute approximate surface area is 381 Å². The summed E-state index contributed by atoms with van der Waals surface area (Å²) in [5.74, 6) is 2.06. The van der Waals surface area contributed by atoms with Crippen LogP contribution in [0.5, 0.6) is 11.5 Å². The van der Waals surface area contributed by atoms with Gasteiger partial charge < -0.3 is 18.4 Å². The van der Waals surface area contributed by atoms with Crippen molar-refractivity contribution in [3.05, 3.63) is 180 Å². The average molecular weight is 994 g/mol. The number of imidazole rings is 1. The summed E-state index contributed by atoms with van der Waals surface area (Å²) >= 11 is 0. The molecule has 3 heterocycles. The van der Waals surface area contributed by atoms with E-state index >= 15 is 0 Å². The number of nitrogens with zero attached hydrogens (tertiary/aromatic N) is 4. The van der Waals surface area contributed by atoms with Crippen molar-refractivity contribution in [2.75, 3.05) is 0 Å². The van der Waals surface area contributed by atoms with E-state index in [4.69, 9.17) is 9.72 Å². The number of rotatable bonds is 8. The van der Waals surface area contributed by atoms with E-state index in [0.29, 0.717) is 11.5 Å². The molecule has 0 atom stereocenters. The maximum atomic E-state index is 6.63. The number of para-hydroxylation sites is 2. The Hall–Kier alpha value is -5.77. The third kappa shape index (κ3) is 8.40. The van der Waals surface area contributed by atoms with Crippen molar-refractivity contribution in [3.63, 3.8) is 0 Å². The number of aromatic nitrogens is 4. The van der Waals surface area contributed by atoms with Crippen molar-refractivity contribution in [1.82, 2.24) is 14.1 Å². The molecule has 0 unspecified atom stereocenters. The number of aryl methyl sites for hydroxylation is 2. The zero-order valence-corrected chi connectivity index (χ0v) is 39.5. The molecule has 0 saturated carbocycles. The topological polar surface area (TPSA) is 35.9 Å². The molecule has 5 nitrogen and oxygen atoms in total. The molecule has 0 aliphatic heterocycles. The van der Waals surface area contributed by atoms with Gasteiger partial charge >= 0.3 is 0 Å². The molecule has 0 aliphatic rings. The van der Waals surface area contributed by atoms with Crippen LogP contribution in [0, 0.1) is 18.5 Å². The summed E-state index contributed by atoms with van der Waals surface area (Å²) in [5, 5.41) is 2.24. The zero-order chi connectivity index (χ0) is 42.7. The van der Waals surface area contributed by atoms with Crippen LogP contribution in [0.4, 0.5) is 0 Å². The molecule has 3 aromatic heterocycles. The van der Waals surface area contributed by atoms with Crippen LogP contribution in [0.25, 0.3) is 55.5 Å². The predicted octanol–water partition coefficient (Wildman–Crippen LogP) is 13.4. The van der Waals surface area contributed by atoms with Crippen LogP contribution in [-0.2, 0) is 50.3 Å². The molecule has 0 N–H and O–H groups in total. The number of benzene rings is 6. The summed E-state index contributed by atoms with van der Waals surface area (Å²) < 4.78 is 13.2. The van der Waals surface area contributed by atoms with E-state index in [9.17, 15) is 0 Å². The van der Waals surface area contributed by atoms with Crippen LogP contribution in [0.3, 0.4) is 0 Å². The average Bonchev–Trinajstić information content (AvgIpc) is 3.78. The maximum Gasteiger partial charge on any atom is 0.242 e. The van der Waals surface area contributed by atoms with Crippen LogP contribution in [-0.4, -0.2) is 14.1 Å². The minimum Gasteiger partial charge on any atom is -0.510 e. The maximum absolute atomic E-state index is 6.63. The van der Waals surface area contributed by atoms with Gasteiger partial charge in [-0.1, -0.05) is 158 Å². The van der Waals surface area contributed by atoms with Crippen molar-refractivity contribution < 1.29 is 30.4 Å². The molecular weight excluding hydrogens is 940 g/mol. The summed E-state index contributed by atoms with van der Waals surface area (Å²) in [4.78, 5) is 4.85. The molecule has 0 radical (unpaired) electrons. The Balaban J connectivity index is 0.00000529. The molecule has 0 amide bonds. The molecular formula is C56H54N4OPt-2. The van der Waals surface area contributed by atoms with Gasteiger partial charge in [0.15, 0.2) is 0 Å². The molecule has 9 rings (SSSR count). The molecule has 316 valence electrons. The fourth-order valence-corrected chi connectivity index (χ4v) is 8.28. The first-order valence-electron chi connectivity index (χ1n) is 21.4. The first-order chi connectivity index (χ1) is 29.1. The fraction of sp³-hybridized carbons (Fsp3) is 0.250. The third-order valence-corrected chi connectivity index (χ3v) is 11.8. The van der Waals surface area contributed by atoms with Gasteiger partial charge in [0.2, 0.25) is 6.33 Å². The second kappa shape index (κ2) is 16.5. The van der Waals surface area contributed by atoms with Gasteiger partial charge in [-0.3, -0.25) is 0 Å². The van der Waals surface area contributed by atoms with Gasteiger partial charge in [0.1, 0.15) is 5.82 Å².